The highest BCUT2D eigenvalue weighted by Gasteiger charge is 2.19. The minimum atomic E-state index is -0.659. The third kappa shape index (κ3) is 6.58. The molecule has 0 radical (unpaired) electrons. The van der Waals surface area contributed by atoms with Crippen LogP contribution in [0.1, 0.15) is 50.3 Å². The third-order valence-electron chi connectivity index (χ3n) is 3.61. The summed E-state index contributed by atoms with van der Waals surface area (Å²) in [4.78, 5) is 23.8. The second-order valence-electron chi connectivity index (χ2n) is 5.71. The van der Waals surface area contributed by atoms with Gasteiger partial charge in [-0.05, 0) is 46.1 Å². The number of aryl methyl sites for hydroxylation is 1. The smallest absolute Gasteiger partial charge is 0.309 e. The van der Waals surface area contributed by atoms with Crippen LogP contribution in [0.2, 0.25) is 0 Å². The molecule has 1 aromatic carbocycles. The highest BCUT2D eigenvalue weighted by molar-refractivity contribution is 6.35. The van der Waals surface area contributed by atoms with Crippen molar-refractivity contribution in [2.75, 3.05) is 19.8 Å². The molecule has 0 fully saturated rings. The topological polar surface area (TPSA) is 87.7 Å². The Morgan fingerprint density at radius 3 is 2.62 bits per heavy atom. The second-order valence-corrected chi connectivity index (χ2v) is 5.71. The lowest BCUT2D eigenvalue weighted by Crippen LogP contribution is -2.41. The van der Waals surface area contributed by atoms with Gasteiger partial charge in [-0.3, -0.25) is 9.59 Å². The van der Waals surface area contributed by atoms with Gasteiger partial charge in [-0.2, -0.15) is 0 Å². The highest BCUT2D eigenvalue weighted by Crippen LogP contribution is 2.26. The fraction of sp³-hybridized carbons (Fsp3) is 0.556. The molecule has 0 saturated carbocycles. The first kappa shape index (κ1) is 20.0. The summed E-state index contributed by atoms with van der Waals surface area (Å²) in [5, 5.41) is 14.0. The lowest BCUT2D eigenvalue weighted by Gasteiger charge is -2.18. The molecule has 0 bridgehead atoms. The standard InChI is InChI=1S/C18H28N2O4/c1-4-24-16-9-8-13(2)12-15(16)14(3)20-18(23)17(22)19-10-6-5-7-11-21/h8-9,12,14,21H,4-7,10-11H2,1-3H3,(H,19,22)(H,20,23). The van der Waals surface area contributed by atoms with Gasteiger partial charge in [-0.1, -0.05) is 17.7 Å². The molecule has 6 heteroatoms. The Morgan fingerprint density at radius 1 is 1.21 bits per heavy atom. The van der Waals surface area contributed by atoms with Crippen LogP contribution < -0.4 is 15.4 Å². The molecule has 6 nitrogen and oxygen atoms in total. The number of hydrogen-bond acceptors (Lipinski definition) is 4. The fourth-order valence-electron chi connectivity index (χ4n) is 2.33. The van der Waals surface area contributed by atoms with E-state index < -0.39 is 11.8 Å². The molecule has 1 rings (SSSR count). The van der Waals surface area contributed by atoms with E-state index in [2.05, 4.69) is 10.6 Å². The van der Waals surface area contributed by atoms with Crippen LogP contribution in [0.4, 0.5) is 0 Å². The largest absolute Gasteiger partial charge is 0.494 e. The van der Waals surface area contributed by atoms with Crippen molar-refractivity contribution in [3.63, 3.8) is 0 Å². The van der Waals surface area contributed by atoms with Crippen molar-refractivity contribution in [2.45, 2.75) is 46.1 Å². The SMILES string of the molecule is CCOc1ccc(C)cc1C(C)NC(=O)C(=O)NCCCCCO. The van der Waals surface area contributed by atoms with Crippen LogP contribution >= 0.6 is 0 Å². The Hall–Kier alpha value is -2.08. The van der Waals surface area contributed by atoms with Crippen molar-refractivity contribution in [2.24, 2.45) is 0 Å². The molecule has 0 aliphatic heterocycles. The van der Waals surface area contributed by atoms with E-state index in [-0.39, 0.29) is 12.6 Å². The van der Waals surface area contributed by atoms with Crippen molar-refractivity contribution in [3.05, 3.63) is 29.3 Å². The first-order valence-corrected chi connectivity index (χ1v) is 8.42. The van der Waals surface area contributed by atoms with E-state index in [0.29, 0.717) is 25.3 Å². The molecule has 0 spiro atoms. The third-order valence-corrected chi connectivity index (χ3v) is 3.61. The van der Waals surface area contributed by atoms with Crippen LogP contribution in [0, 0.1) is 6.92 Å². The van der Waals surface area contributed by atoms with E-state index >= 15 is 0 Å². The van der Waals surface area contributed by atoms with Gasteiger partial charge in [0.05, 0.1) is 12.6 Å². The van der Waals surface area contributed by atoms with Crippen molar-refractivity contribution in [1.82, 2.24) is 10.6 Å². The molecule has 1 unspecified atom stereocenters. The first-order chi connectivity index (χ1) is 11.5. The maximum atomic E-state index is 12.0. The second kappa shape index (κ2) is 10.6. The molecule has 1 atom stereocenters. The number of aliphatic hydroxyl groups is 1. The van der Waals surface area contributed by atoms with Gasteiger partial charge in [0, 0.05) is 18.7 Å². The van der Waals surface area contributed by atoms with Gasteiger partial charge in [0.15, 0.2) is 0 Å². The Bertz CT molecular complexity index is 546. The number of aliphatic hydroxyl groups excluding tert-OH is 1. The molecule has 1 aromatic rings. The summed E-state index contributed by atoms with van der Waals surface area (Å²) in [5.74, 6) is -0.592. The Morgan fingerprint density at radius 2 is 1.96 bits per heavy atom. The zero-order chi connectivity index (χ0) is 17.9. The molecule has 0 aliphatic carbocycles. The number of ether oxygens (including phenoxy) is 1. The Balaban J connectivity index is 2.57. The summed E-state index contributed by atoms with van der Waals surface area (Å²) in [5.41, 5.74) is 1.91. The number of unbranched alkanes of at least 4 members (excludes halogenated alkanes) is 2. The summed E-state index contributed by atoms with van der Waals surface area (Å²) >= 11 is 0. The van der Waals surface area contributed by atoms with Crippen molar-refractivity contribution < 1.29 is 19.4 Å². The molecule has 2 amide bonds. The van der Waals surface area contributed by atoms with Crippen LogP contribution in [-0.2, 0) is 9.59 Å². The van der Waals surface area contributed by atoms with Crippen LogP contribution in [0.3, 0.4) is 0 Å². The molecule has 0 saturated heterocycles. The number of hydrogen-bond donors (Lipinski definition) is 3. The normalized spacial score (nSPS) is 11.7. The lowest BCUT2D eigenvalue weighted by atomic mass is 10.0. The van der Waals surface area contributed by atoms with E-state index in [1.165, 1.54) is 0 Å². The summed E-state index contributed by atoms with van der Waals surface area (Å²) < 4.78 is 5.59. The molecule has 0 heterocycles. The van der Waals surface area contributed by atoms with Gasteiger partial charge in [0.2, 0.25) is 0 Å². The number of nitrogens with one attached hydrogen (secondary N) is 2. The Kier molecular flexibility index (Phi) is 8.86. The molecule has 0 aliphatic rings. The van der Waals surface area contributed by atoms with Crippen molar-refractivity contribution in [3.8, 4) is 5.75 Å². The van der Waals surface area contributed by atoms with E-state index in [4.69, 9.17) is 9.84 Å². The molecule has 134 valence electrons. The van der Waals surface area contributed by atoms with E-state index in [1.807, 2.05) is 39.0 Å². The number of amides is 2. The van der Waals surface area contributed by atoms with Gasteiger partial charge in [-0.15, -0.1) is 0 Å². The van der Waals surface area contributed by atoms with Crippen molar-refractivity contribution >= 4 is 11.8 Å². The van der Waals surface area contributed by atoms with E-state index in [1.54, 1.807) is 0 Å². The number of rotatable bonds is 9. The van der Waals surface area contributed by atoms with Crippen LogP contribution in [0.25, 0.3) is 0 Å². The predicted octanol–water partition coefficient (Wildman–Crippen LogP) is 1.85. The Labute approximate surface area is 143 Å². The molecule has 3 N–H and O–H groups in total. The molecule has 24 heavy (non-hydrogen) atoms. The minimum absolute atomic E-state index is 0.143. The quantitative estimate of drug-likeness (QED) is 0.474. The van der Waals surface area contributed by atoms with Crippen molar-refractivity contribution in [1.29, 1.82) is 0 Å². The molecular formula is C18H28N2O4. The van der Waals surface area contributed by atoms with Crippen LogP contribution in [-0.4, -0.2) is 36.7 Å². The zero-order valence-corrected chi connectivity index (χ0v) is 14.7. The zero-order valence-electron chi connectivity index (χ0n) is 14.7. The lowest BCUT2D eigenvalue weighted by molar-refractivity contribution is -0.139. The number of carbonyl (C=O) groups is 2. The van der Waals surface area contributed by atoms with E-state index in [9.17, 15) is 9.59 Å². The summed E-state index contributed by atoms with van der Waals surface area (Å²) in [6, 6.07) is 5.43. The number of carbonyl (C=O) groups excluding carboxylic acids is 2. The number of benzene rings is 1. The highest BCUT2D eigenvalue weighted by atomic mass is 16.5. The maximum absolute atomic E-state index is 12.0. The summed E-state index contributed by atoms with van der Waals surface area (Å²) in [6.07, 6.45) is 2.25. The molecular weight excluding hydrogens is 308 g/mol. The average molecular weight is 336 g/mol. The van der Waals surface area contributed by atoms with Gasteiger partial charge in [-0.25, -0.2) is 0 Å². The fourth-order valence-corrected chi connectivity index (χ4v) is 2.33. The van der Waals surface area contributed by atoms with Gasteiger partial charge in [0.1, 0.15) is 5.75 Å². The average Bonchev–Trinajstić information content (AvgIpc) is 2.56. The van der Waals surface area contributed by atoms with Gasteiger partial charge < -0.3 is 20.5 Å². The van der Waals surface area contributed by atoms with Crippen LogP contribution in [0.5, 0.6) is 5.75 Å². The maximum Gasteiger partial charge on any atom is 0.309 e. The minimum Gasteiger partial charge on any atom is -0.494 e. The van der Waals surface area contributed by atoms with E-state index in [0.717, 1.165) is 24.0 Å². The summed E-state index contributed by atoms with van der Waals surface area (Å²) in [6.45, 7) is 6.79. The molecule has 0 aromatic heterocycles. The predicted molar refractivity (Wildman–Crippen MR) is 92.9 cm³/mol. The monoisotopic (exact) mass is 336 g/mol. The van der Waals surface area contributed by atoms with Gasteiger partial charge >= 0.3 is 11.8 Å². The van der Waals surface area contributed by atoms with Crippen LogP contribution in [0.15, 0.2) is 18.2 Å². The van der Waals surface area contributed by atoms with Gasteiger partial charge in [0.25, 0.3) is 0 Å². The summed E-state index contributed by atoms with van der Waals surface area (Å²) in [7, 11) is 0. The first-order valence-electron chi connectivity index (χ1n) is 8.42.